The molecule has 0 saturated heterocycles. The maximum absolute atomic E-state index is 7.50. The monoisotopic (exact) mass is 348 g/mol. The molecule has 0 aliphatic carbocycles. The first kappa shape index (κ1) is 25.9. The standard InChI is InChI=1S/C15H16O.3CO.Cr/c1-11-7-4-5-9-13(11)15-12(2)8-6-10-14(15)16-3;3*1-2;/h4-10H,1-3H3;;;;. The third kappa shape index (κ3) is 7.70. The first-order chi connectivity index (χ1) is 10.7. The van der Waals surface area contributed by atoms with Crippen molar-refractivity contribution < 1.29 is 36.1 Å². The van der Waals surface area contributed by atoms with Gasteiger partial charge in [-0.25, -0.2) is 0 Å². The fourth-order valence-electron chi connectivity index (χ4n) is 2.01. The maximum Gasteiger partial charge on any atom is 0 e. The van der Waals surface area contributed by atoms with Gasteiger partial charge in [0.2, 0.25) is 0 Å². The molecule has 5 heteroatoms. The molecule has 0 unspecified atom stereocenters. The molecule has 0 bridgehead atoms. The second-order valence-electron chi connectivity index (χ2n) is 3.97. The summed E-state index contributed by atoms with van der Waals surface area (Å²) >= 11 is 0. The molecular formula is C18H16CrO4. The van der Waals surface area contributed by atoms with Crippen molar-refractivity contribution >= 4 is 0 Å². The SMILES string of the molecule is COc1cccc(C)c1-c1ccccc1C.[C-]#[O+].[C-]#[O+].[C-]#[O+].[Cr]. The van der Waals surface area contributed by atoms with Crippen LogP contribution in [0.2, 0.25) is 0 Å². The van der Waals surface area contributed by atoms with Crippen LogP contribution in [0.5, 0.6) is 5.75 Å². The van der Waals surface area contributed by atoms with Crippen LogP contribution >= 0.6 is 0 Å². The molecule has 4 nitrogen and oxygen atoms in total. The van der Waals surface area contributed by atoms with Crippen molar-refractivity contribution in [2.75, 3.05) is 7.11 Å². The summed E-state index contributed by atoms with van der Waals surface area (Å²) in [6.07, 6.45) is 0. The first-order valence-electron chi connectivity index (χ1n) is 6.05. The van der Waals surface area contributed by atoms with Crippen LogP contribution in [-0.4, -0.2) is 7.11 Å². The fraction of sp³-hybridized carbons (Fsp3) is 0.167. The van der Waals surface area contributed by atoms with Gasteiger partial charge in [0, 0.05) is 22.9 Å². The Morgan fingerprint density at radius 1 is 0.739 bits per heavy atom. The summed E-state index contributed by atoms with van der Waals surface area (Å²) in [5.41, 5.74) is 4.96. The third-order valence-electron chi connectivity index (χ3n) is 2.87. The van der Waals surface area contributed by atoms with Crippen LogP contribution in [0, 0.1) is 33.8 Å². The molecule has 0 aliphatic rings. The molecule has 0 radical (unpaired) electrons. The van der Waals surface area contributed by atoms with Crippen LogP contribution in [0.25, 0.3) is 11.1 Å². The van der Waals surface area contributed by atoms with E-state index in [1.807, 2.05) is 12.1 Å². The van der Waals surface area contributed by atoms with Gasteiger partial charge in [0.25, 0.3) is 0 Å². The quantitative estimate of drug-likeness (QED) is 0.600. The summed E-state index contributed by atoms with van der Waals surface area (Å²) in [7, 11) is 1.72. The Morgan fingerprint density at radius 3 is 1.70 bits per heavy atom. The topological polar surface area (TPSA) is 68.9 Å². The Bertz CT molecular complexity index is 616. The van der Waals surface area contributed by atoms with Gasteiger partial charge in [0.1, 0.15) is 5.75 Å². The van der Waals surface area contributed by atoms with Crippen molar-refractivity contribution in [1.82, 2.24) is 0 Å². The average molecular weight is 348 g/mol. The Labute approximate surface area is 147 Å². The van der Waals surface area contributed by atoms with E-state index < -0.39 is 0 Å². The van der Waals surface area contributed by atoms with Crippen molar-refractivity contribution in [3.05, 3.63) is 73.5 Å². The van der Waals surface area contributed by atoms with Gasteiger partial charge in [-0.15, -0.1) is 0 Å². The number of hydrogen-bond acceptors (Lipinski definition) is 1. The number of hydrogen-bond donors (Lipinski definition) is 0. The summed E-state index contributed by atoms with van der Waals surface area (Å²) in [6.45, 7) is 17.7. The number of ether oxygens (including phenoxy) is 1. The van der Waals surface area contributed by atoms with E-state index in [2.05, 4.69) is 64.1 Å². The van der Waals surface area contributed by atoms with Gasteiger partial charge < -0.3 is 4.74 Å². The van der Waals surface area contributed by atoms with Gasteiger partial charge in [-0.05, 0) is 36.6 Å². The minimum Gasteiger partial charge on any atom is 0 e. The van der Waals surface area contributed by atoms with Crippen molar-refractivity contribution in [1.29, 1.82) is 0 Å². The number of rotatable bonds is 2. The van der Waals surface area contributed by atoms with E-state index in [0.717, 1.165) is 5.75 Å². The Balaban J connectivity index is -0.000000514. The molecule has 23 heavy (non-hydrogen) atoms. The largest absolute Gasteiger partial charge is 0 e. The van der Waals surface area contributed by atoms with E-state index in [0.29, 0.717) is 0 Å². The second kappa shape index (κ2) is 16.4. The second-order valence-corrected chi connectivity index (χ2v) is 3.97. The van der Waals surface area contributed by atoms with Gasteiger partial charge in [-0.1, -0.05) is 36.4 Å². The normalized spacial score (nSPS) is 7.35. The van der Waals surface area contributed by atoms with Crippen LogP contribution in [-0.2, 0) is 31.3 Å². The molecule has 0 N–H and O–H groups in total. The van der Waals surface area contributed by atoms with Crippen molar-refractivity contribution in [3.63, 3.8) is 0 Å². The average Bonchev–Trinajstić information content (AvgIpc) is 2.61. The number of methoxy groups -OCH3 is 1. The number of benzene rings is 2. The van der Waals surface area contributed by atoms with E-state index in [4.69, 9.17) is 18.7 Å². The predicted octanol–water partition coefficient (Wildman–Crippen LogP) is 3.86. The van der Waals surface area contributed by atoms with E-state index >= 15 is 0 Å². The molecule has 2 aromatic rings. The van der Waals surface area contributed by atoms with Gasteiger partial charge in [0.15, 0.2) is 0 Å². The first-order valence-corrected chi connectivity index (χ1v) is 6.05. The molecule has 0 amide bonds. The molecule has 118 valence electrons. The van der Waals surface area contributed by atoms with Gasteiger partial charge >= 0.3 is 33.9 Å². The fourth-order valence-corrected chi connectivity index (χ4v) is 2.01. The van der Waals surface area contributed by atoms with Crippen LogP contribution in [0.3, 0.4) is 0 Å². The van der Waals surface area contributed by atoms with E-state index in [-0.39, 0.29) is 17.4 Å². The summed E-state index contributed by atoms with van der Waals surface area (Å²) in [6, 6.07) is 14.5. The summed E-state index contributed by atoms with van der Waals surface area (Å²) < 4.78 is 27.9. The zero-order valence-electron chi connectivity index (χ0n) is 13.1. The van der Waals surface area contributed by atoms with Crippen LogP contribution < -0.4 is 4.74 Å². The van der Waals surface area contributed by atoms with Gasteiger partial charge in [-0.3, -0.25) is 0 Å². The number of aryl methyl sites for hydroxylation is 2. The minimum absolute atomic E-state index is 0. The molecule has 0 heterocycles. The van der Waals surface area contributed by atoms with Crippen molar-refractivity contribution in [2.45, 2.75) is 13.8 Å². The van der Waals surface area contributed by atoms with Crippen molar-refractivity contribution in [3.8, 4) is 16.9 Å². The van der Waals surface area contributed by atoms with E-state index in [1.54, 1.807) is 7.11 Å². The summed E-state index contributed by atoms with van der Waals surface area (Å²) in [4.78, 5) is 0. The maximum atomic E-state index is 7.50. The molecule has 0 atom stereocenters. The Hall–Kier alpha value is -2.01. The minimum atomic E-state index is 0. The molecule has 0 fully saturated rings. The zero-order chi connectivity index (χ0) is 17.5. The molecular weight excluding hydrogens is 332 g/mol. The van der Waals surface area contributed by atoms with E-state index in [1.165, 1.54) is 22.3 Å². The van der Waals surface area contributed by atoms with E-state index in [9.17, 15) is 0 Å². The Kier molecular flexibility index (Phi) is 18.4. The van der Waals surface area contributed by atoms with Crippen molar-refractivity contribution in [2.24, 2.45) is 0 Å². The van der Waals surface area contributed by atoms with Crippen LogP contribution in [0.4, 0.5) is 0 Å². The molecule has 2 rings (SSSR count). The molecule has 0 spiro atoms. The molecule has 2 aromatic carbocycles. The smallest absolute Gasteiger partial charge is 0 e. The molecule has 0 aliphatic heterocycles. The predicted molar refractivity (Wildman–Crippen MR) is 79.7 cm³/mol. The third-order valence-corrected chi connectivity index (χ3v) is 2.87. The Morgan fingerprint density at radius 2 is 1.22 bits per heavy atom. The summed E-state index contributed by atoms with van der Waals surface area (Å²) in [5, 5.41) is 0. The van der Waals surface area contributed by atoms with Crippen LogP contribution in [0.15, 0.2) is 42.5 Å². The van der Waals surface area contributed by atoms with Gasteiger partial charge in [-0.2, -0.15) is 0 Å². The summed E-state index contributed by atoms with van der Waals surface area (Å²) in [5.74, 6) is 0.939. The molecule has 0 aromatic heterocycles. The van der Waals surface area contributed by atoms with Crippen LogP contribution in [0.1, 0.15) is 11.1 Å². The molecule has 0 saturated carbocycles. The zero-order valence-corrected chi connectivity index (χ0v) is 14.4. The van der Waals surface area contributed by atoms with Gasteiger partial charge in [0.05, 0.1) is 7.11 Å².